The van der Waals surface area contributed by atoms with Crippen molar-refractivity contribution in [2.75, 3.05) is 11.4 Å². The third kappa shape index (κ3) is 2.01. The largest absolute Gasteiger partial charge is 0.368 e. The van der Waals surface area contributed by atoms with E-state index in [1.807, 2.05) is 6.07 Å². The van der Waals surface area contributed by atoms with E-state index in [0.29, 0.717) is 12.6 Å². The summed E-state index contributed by atoms with van der Waals surface area (Å²) < 4.78 is 13.3. The van der Waals surface area contributed by atoms with E-state index in [0.717, 1.165) is 23.7 Å². The van der Waals surface area contributed by atoms with Crippen molar-refractivity contribution in [3.63, 3.8) is 0 Å². The van der Waals surface area contributed by atoms with Crippen molar-refractivity contribution in [2.24, 2.45) is 11.7 Å². The van der Waals surface area contributed by atoms with Crippen LogP contribution in [0.1, 0.15) is 37.7 Å². The molecular weight excluding hydrogens is 227 g/mol. The molecule has 1 saturated carbocycles. The molecule has 3 heteroatoms. The predicted molar refractivity (Wildman–Crippen MR) is 72.0 cm³/mol. The average molecular weight is 248 g/mol. The van der Waals surface area contributed by atoms with E-state index < -0.39 is 0 Å². The summed E-state index contributed by atoms with van der Waals surface area (Å²) in [4.78, 5) is 2.49. The van der Waals surface area contributed by atoms with Gasteiger partial charge in [-0.25, -0.2) is 4.39 Å². The van der Waals surface area contributed by atoms with Crippen LogP contribution in [0.4, 0.5) is 10.1 Å². The normalized spacial score (nSPS) is 27.3. The van der Waals surface area contributed by atoms with E-state index in [2.05, 4.69) is 4.90 Å². The summed E-state index contributed by atoms with van der Waals surface area (Å²) in [7, 11) is 0. The summed E-state index contributed by atoms with van der Waals surface area (Å²) >= 11 is 0. The number of piperidine rings is 1. The van der Waals surface area contributed by atoms with Crippen LogP contribution in [-0.2, 0) is 6.54 Å². The van der Waals surface area contributed by atoms with E-state index in [1.165, 1.54) is 32.1 Å². The first-order valence-electron chi connectivity index (χ1n) is 7.04. The lowest BCUT2D eigenvalue weighted by Gasteiger charge is -2.40. The molecule has 18 heavy (non-hydrogen) atoms. The van der Waals surface area contributed by atoms with Crippen molar-refractivity contribution < 1.29 is 4.39 Å². The second-order valence-electron chi connectivity index (χ2n) is 5.57. The molecule has 2 atom stereocenters. The third-order valence-corrected chi connectivity index (χ3v) is 4.56. The molecule has 1 heterocycles. The van der Waals surface area contributed by atoms with Crippen molar-refractivity contribution in [2.45, 2.75) is 44.7 Å². The zero-order valence-corrected chi connectivity index (χ0v) is 10.7. The number of halogens is 1. The molecule has 1 aliphatic carbocycles. The third-order valence-electron chi connectivity index (χ3n) is 4.56. The Bertz CT molecular complexity index is 433. The Morgan fingerprint density at radius 3 is 2.89 bits per heavy atom. The first-order chi connectivity index (χ1) is 8.79. The minimum absolute atomic E-state index is 0.181. The molecule has 2 fully saturated rings. The van der Waals surface area contributed by atoms with Gasteiger partial charge in [-0.1, -0.05) is 6.42 Å². The van der Waals surface area contributed by atoms with Gasteiger partial charge in [-0.05, 0) is 55.4 Å². The van der Waals surface area contributed by atoms with Gasteiger partial charge in [0.05, 0.1) is 0 Å². The smallest absolute Gasteiger partial charge is 0.123 e. The topological polar surface area (TPSA) is 29.3 Å². The lowest BCUT2D eigenvalue weighted by atomic mass is 9.91. The molecule has 2 aliphatic rings. The van der Waals surface area contributed by atoms with Gasteiger partial charge in [0.2, 0.25) is 0 Å². The molecule has 2 N–H and O–H groups in total. The Balaban J connectivity index is 1.93. The zero-order chi connectivity index (χ0) is 12.5. The average Bonchev–Trinajstić information content (AvgIpc) is 2.86. The Hall–Kier alpha value is -1.09. The molecule has 2 nitrogen and oxygen atoms in total. The minimum atomic E-state index is -0.181. The standard InChI is InChI=1S/C15H21FN2/c16-13-6-7-15(12(9-13)10-17)18-8-2-4-11-3-1-5-14(11)18/h6-7,9,11,14H,1-5,8,10,17H2. The first-order valence-corrected chi connectivity index (χ1v) is 7.04. The highest BCUT2D eigenvalue weighted by Gasteiger charge is 2.35. The fourth-order valence-corrected chi connectivity index (χ4v) is 3.75. The van der Waals surface area contributed by atoms with E-state index in [-0.39, 0.29) is 5.82 Å². The van der Waals surface area contributed by atoms with Crippen LogP contribution < -0.4 is 10.6 Å². The van der Waals surface area contributed by atoms with Crippen molar-refractivity contribution >= 4 is 5.69 Å². The zero-order valence-electron chi connectivity index (χ0n) is 10.7. The molecule has 0 radical (unpaired) electrons. The Labute approximate surface area is 108 Å². The number of hydrogen-bond acceptors (Lipinski definition) is 2. The Morgan fingerprint density at radius 1 is 1.22 bits per heavy atom. The fourth-order valence-electron chi connectivity index (χ4n) is 3.75. The highest BCUT2D eigenvalue weighted by atomic mass is 19.1. The monoisotopic (exact) mass is 248 g/mol. The van der Waals surface area contributed by atoms with Crippen molar-refractivity contribution in [1.29, 1.82) is 0 Å². The lowest BCUT2D eigenvalue weighted by molar-refractivity contribution is 0.362. The molecule has 0 bridgehead atoms. The first kappa shape index (κ1) is 12.0. The fraction of sp³-hybridized carbons (Fsp3) is 0.600. The van der Waals surface area contributed by atoms with Gasteiger partial charge in [-0.2, -0.15) is 0 Å². The lowest BCUT2D eigenvalue weighted by Crippen LogP contribution is -2.43. The van der Waals surface area contributed by atoms with Gasteiger partial charge in [0.15, 0.2) is 0 Å². The van der Waals surface area contributed by atoms with Crippen LogP contribution in [0, 0.1) is 11.7 Å². The van der Waals surface area contributed by atoms with Crippen molar-refractivity contribution in [1.82, 2.24) is 0 Å². The molecule has 1 aliphatic heterocycles. The quantitative estimate of drug-likeness (QED) is 0.871. The van der Waals surface area contributed by atoms with E-state index in [1.54, 1.807) is 12.1 Å². The number of anilines is 1. The molecule has 1 aromatic rings. The highest BCUT2D eigenvalue weighted by molar-refractivity contribution is 5.55. The van der Waals surface area contributed by atoms with Gasteiger partial charge in [0.25, 0.3) is 0 Å². The van der Waals surface area contributed by atoms with Crippen LogP contribution >= 0.6 is 0 Å². The van der Waals surface area contributed by atoms with Crippen molar-refractivity contribution in [3.8, 4) is 0 Å². The summed E-state index contributed by atoms with van der Waals surface area (Å²) in [6, 6.07) is 5.73. The van der Waals surface area contributed by atoms with Crippen LogP contribution in [0.3, 0.4) is 0 Å². The van der Waals surface area contributed by atoms with Gasteiger partial charge in [0, 0.05) is 24.8 Å². The Morgan fingerprint density at radius 2 is 2.06 bits per heavy atom. The van der Waals surface area contributed by atoms with E-state index in [4.69, 9.17) is 5.73 Å². The highest BCUT2D eigenvalue weighted by Crippen LogP contribution is 2.40. The maximum Gasteiger partial charge on any atom is 0.123 e. The van der Waals surface area contributed by atoms with Crippen LogP contribution in [0.5, 0.6) is 0 Å². The molecule has 3 rings (SSSR count). The SMILES string of the molecule is NCc1cc(F)ccc1N1CCCC2CCCC21. The molecule has 0 amide bonds. The van der Waals surface area contributed by atoms with Gasteiger partial charge in [-0.15, -0.1) is 0 Å². The number of benzene rings is 1. The van der Waals surface area contributed by atoms with Gasteiger partial charge >= 0.3 is 0 Å². The maximum absolute atomic E-state index is 13.3. The summed E-state index contributed by atoms with van der Waals surface area (Å²) in [5, 5.41) is 0. The molecule has 0 spiro atoms. The van der Waals surface area contributed by atoms with Crippen molar-refractivity contribution in [3.05, 3.63) is 29.6 Å². The second-order valence-corrected chi connectivity index (χ2v) is 5.57. The minimum Gasteiger partial charge on any atom is -0.368 e. The number of fused-ring (bicyclic) bond motifs is 1. The van der Waals surface area contributed by atoms with Crippen LogP contribution in [0.2, 0.25) is 0 Å². The molecule has 1 saturated heterocycles. The van der Waals surface area contributed by atoms with Gasteiger partial charge < -0.3 is 10.6 Å². The van der Waals surface area contributed by atoms with E-state index >= 15 is 0 Å². The molecular formula is C15H21FN2. The Kier molecular flexibility index (Phi) is 3.25. The number of nitrogens with zero attached hydrogens (tertiary/aromatic N) is 1. The molecule has 98 valence electrons. The molecule has 1 aromatic carbocycles. The summed E-state index contributed by atoms with van der Waals surface area (Å²) in [6.45, 7) is 1.51. The van der Waals surface area contributed by atoms with E-state index in [9.17, 15) is 4.39 Å². The predicted octanol–water partition coefficient (Wildman–Crippen LogP) is 3.05. The molecule has 0 aromatic heterocycles. The van der Waals surface area contributed by atoms with Crippen LogP contribution in [0.25, 0.3) is 0 Å². The maximum atomic E-state index is 13.3. The second kappa shape index (κ2) is 4.88. The van der Waals surface area contributed by atoms with Crippen LogP contribution in [-0.4, -0.2) is 12.6 Å². The summed E-state index contributed by atoms with van der Waals surface area (Å²) in [5.74, 6) is 0.661. The van der Waals surface area contributed by atoms with Gasteiger partial charge in [0.1, 0.15) is 5.82 Å². The van der Waals surface area contributed by atoms with Crippen LogP contribution in [0.15, 0.2) is 18.2 Å². The summed E-state index contributed by atoms with van der Waals surface area (Å²) in [5.41, 5.74) is 7.88. The molecule has 2 unspecified atom stereocenters. The van der Waals surface area contributed by atoms with Gasteiger partial charge in [-0.3, -0.25) is 0 Å². The summed E-state index contributed by atoms with van der Waals surface area (Å²) in [6.07, 6.45) is 6.60. The number of hydrogen-bond donors (Lipinski definition) is 1. The number of nitrogens with two attached hydrogens (primary N) is 1. The number of rotatable bonds is 2.